The third-order valence-electron chi connectivity index (χ3n) is 4.95. The van der Waals surface area contributed by atoms with Crippen LogP contribution in [0.1, 0.15) is 51.4 Å². The van der Waals surface area contributed by atoms with Gasteiger partial charge in [0.2, 0.25) is 11.8 Å². The number of amides is 2. The van der Waals surface area contributed by atoms with Crippen LogP contribution < -0.4 is 10.6 Å². The van der Waals surface area contributed by atoms with Crippen molar-refractivity contribution in [1.82, 2.24) is 10.6 Å². The number of hydrogen-bond acceptors (Lipinski definition) is 4. The summed E-state index contributed by atoms with van der Waals surface area (Å²) in [5.41, 5.74) is 0. The Labute approximate surface area is 131 Å². The van der Waals surface area contributed by atoms with Crippen LogP contribution in [0.2, 0.25) is 0 Å². The van der Waals surface area contributed by atoms with Crippen LogP contribution in [0, 0.1) is 5.92 Å². The Kier molecular flexibility index (Phi) is 4.98. The molecule has 0 radical (unpaired) electrons. The van der Waals surface area contributed by atoms with Crippen LogP contribution in [0.15, 0.2) is 0 Å². The van der Waals surface area contributed by atoms with Crippen LogP contribution in [0.25, 0.3) is 0 Å². The Morgan fingerprint density at radius 2 is 1.82 bits per heavy atom. The SMILES string of the molecule is O=C(C[C@H]1CC[C@@H](NC(=O)C2CC2)[C@@H](CO)O1)NC1CCC1. The molecule has 2 aliphatic carbocycles. The Morgan fingerprint density at radius 3 is 2.41 bits per heavy atom. The van der Waals surface area contributed by atoms with E-state index in [9.17, 15) is 14.7 Å². The normalized spacial score (nSPS) is 32.1. The van der Waals surface area contributed by atoms with Gasteiger partial charge >= 0.3 is 0 Å². The number of aliphatic hydroxyl groups is 1. The lowest BCUT2D eigenvalue weighted by molar-refractivity contribution is -0.137. The van der Waals surface area contributed by atoms with E-state index in [2.05, 4.69) is 10.6 Å². The van der Waals surface area contributed by atoms with Crippen LogP contribution in [-0.4, -0.2) is 47.8 Å². The van der Waals surface area contributed by atoms with E-state index in [1.807, 2.05) is 0 Å². The van der Waals surface area contributed by atoms with Gasteiger partial charge in [-0.1, -0.05) is 0 Å². The number of ether oxygens (including phenoxy) is 1. The summed E-state index contributed by atoms with van der Waals surface area (Å²) in [7, 11) is 0. The van der Waals surface area contributed by atoms with E-state index in [1.54, 1.807) is 0 Å². The van der Waals surface area contributed by atoms with Gasteiger partial charge in [0.25, 0.3) is 0 Å². The van der Waals surface area contributed by atoms with Crippen molar-refractivity contribution < 1.29 is 19.4 Å². The summed E-state index contributed by atoms with van der Waals surface area (Å²) in [5, 5.41) is 15.5. The second kappa shape index (κ2) is 6.96. The van der Waals surface area contributed by atoms with Crippen molar-refractivity contribution in [3.8, 4) is 0 Å². The Hall–Kier alpha value is -1.14. The van der Waals surface area contributed by atoms with E-state index < -0.39 is 6.10 Å². The first-order chi connectivity index (χ1) is 10.7. The molecule has 1 saturated heterocycles. The average molecular weight is 310 g/mol. The highest BCUT2D eigenvalue weighted by Gasteiger charge is 2.36. The Bertz CT molecular complexity index is 420. The van der Waals surface area contributed by atoms with Gasteiger partial charge in [0.1, 0.15) is 6.10 Å². The van der Waals surface area contributed by atoms with Crippen LogP contribution in [0.5, 0.6) is 0 Å². The summed E-state index contributed by atoms with van der Waals surface area (Å²) >= 11 is 0. The molecule has 3 aliphatic rings. The fourth-order valence-electron chi connectivity index (χ4n) is 3.14. The zero-order valence-corrected chi connectivity index (χ0v) is 12.9. The zero-order valence-electron chi connectivity index (χ0n) is 12.9. The maximum Gasteiger partial charge on any atom is 0.223 e. The molecule has 1 aliphatic heterocycles. The zero-order chi connectivity index (χ0) is 15.5. The molecule has 3 atom stereocenters. The summed E-state index contributed by atoms with van der Waals surface area (Å²) in [6.07, 6.45) is 6.55. The van der Waals surface area contributed by atoms with Gasteiger partial charge in [-0.25, -0.2) is 0 Å². The van der Waals surface area contributed by atoms with Crippen molar-refractivity contribution in [2.45, 2.75) is 75.7 Å². The average Bonchev–Trinajstić information content (AvgIpc) is 3.29. The molecule has 0 bridgehead atoms. The molecule has 0 aromatic rings. The molecular weight excluding hydrogens is 284 g/mol. The van der Waals surface area contributed by atoms with Gasteiger partial charge in [-0.3, -0.25) is 9.59 Å². The first-order valence-corrected chi connectivity index (χ1v) is 8.51. The van der Waals surface area contributed by atoms with E-state index in [1.165, 1.54) is 6.42 Å². The number of carbonyl (C=O) groups is 2. The minimum Gasteiger partial charge on any atom is -0.394 e. The smallest absolute Gasteiger partial charge is 0.223 e. The van der Waals surface area contributed by atoms with Crippen LogP contribution in [0.3, 0.4) is 0 Å². The van der Waals surface area contributed by atoms with Gasteiger partial charge in [-0.15, -0.1) is 0 Å². The summed E-state index contributed by atoms with van der Waals surface area (Å²) in [5.74, 6) is 0.269. The van der Waals surface area contributed by atoms with E-state index in [-0.39, 0.29) is 36.5 Å². The lowest BCUT2D eigenvalue weighted by atomic mass is 9.92. The fraction of sp³-hybridized carbons (Fsp3) is 0.875. The molecule has 0 spiro atoms. The van der Waals surface area contributed by atoms with Crippen molar-refractivity contribution in [3.63, 3.8) is 0 Å². The second-order valence-corrected chi connectivity index (χ2v) is 6.85. The monoisotopic (exact) mass is 310 g/mol. The molecule has 3 N–H and O–H groups in total. The molecule has 0 unspecified atom stereocenters. The van der Waals surface area contributed by atoms with E-state index >= 15 is 0 Å². The van der Waals surface area contributed by atoms with Gasteiger partial charge in [0, 0.05) is 12.0 Å². The highest BCUT2D eigenvalue weighted by Crippen LogP contribution is 2.30. The van der Waals surface area contributed by atoms with Gasteiger partial charge in [0.05, 0.1) is 25.2 Å². The molecule has 6 heteroatoms. The number of hydrogen-bond donors (Lipinski definition) is 3. The Balaban J connectivity index is 1.43. The maximum absolute atomic E-state index is 11.9. The lowest BCUT2D eigenvalue weighted by Gasteiger charge is -2.36. The lowest BCUT2D eigenvalue weighted by Crippen LogP contribution is -2.52. The molecule has 1 heterocycles. The molecule has 0 aromatic heterocycles. The van der Waals surface area contributed by atoms with Crippen molar-refractivity contribution in [2.75, 3.05) is 6.61 Å². The summed E-state index contributed by atoms with van der Waals surface area (Å²) in [6, 6.07) is 0.208. The van der Waals surface area contributed by atoms with Crippen LogP contribution in [0.4, 0.5) is 0 Å². The second-order valence-electron chi connectivity index (χ2n) is 6.85. The van der Waals surface area contributed by atoms with E-state index in [0.717, 1.165) is 38.5 Å². The van der Waals surface area contributed by atoms with Gasteiger partial charge in [0.15, 0.2) is 0 Å². The molecule has 0 aromatic carbocycles. The third kappa shape index (κ3) is 3.98. The topological polar surface area (TPSA) is 87.7 Å². The van der Waals surface area contributed by atoms with Gasteiger partial charge < -0.3 is 20.5 Å². The Morgan fingerprint density at radius 1 is 1.05 bits per heavy atom. The predicted molar refractivity (Wildman–Crippen MR) is 80.0 cm³/mol. The highest BCUT2D eigenvalue weighted by molar-refractivity contribution is 5.81. The first kappa shape index (κ1) is 15.7. The summed E-state index contributed by atoms with van der Waals surface area (Å²) in [4.78, 5) is 23.8. The first-order valence-electron chi connectivity index (χ1n) is 8.51. The van der Waals surface area contributed by atoms with Gasteiger partial charge in [-0.05, 0) is 44.9 Å². The maximum atomic E-state index is 11.9. The summed E-state index contributed by atoms with van der Waals surface area (Å²) < 4.78 is 5.83. The largest absolute Gasteiger partial charge is 0.394 e. The minimum atomic E-state index is -0.405. The van der Waals surface area contributed by atoms with E-state index in [4.69, 9.17) is 4.74 Å². The number of nitrogens with one attached hydrogen (secondary N) is 2. The fourth-order valence-corrected chi connectivity index (χ4v) is 3.14. The number of aliphatic hydroxyl groups excluding tert-OH is 1. The third-order valence-corrected chi connectivity index (χ3v) is 4.95. The predicted octanol–water partition coefficient (Wildman–Crippen LogP) is 0.480. The van der Waals surface area contributed by atoms with Crippen molar-refractivity contribution >= 4 is 11.8 Å². The number of rotatable bonds is 6. The highest BCUT2D eigenvalue weighted by atomic mass is 16.5. The molecular formula is C16H26N2O4. The van der Waals surface area contributed by atoms with Crippen molar-refractivity contribution in [3.05, 3.63) is 0 Å². The van der Waals surface area contributed by atoms with Crippen molar-refractivity contribution in [2.24, 2.45) is 5.92 Å². The quantitative estimate of drug-likeness (QED) is 0.666. The molecule has 3 rings (SSSR count). The minimum absolute atomic E-state index is 0.0341. The van der Waals surface area contributed by atoms with Crippen molar-refractivity contribution in [1.29, 1.82) is 0 Å². The molecule has 6 nitrogen and oxygen atoms in total. The molecule has 22 heavy (non-hydrogen) atoms. The van der Waals surface area contributed by atoms with E-state index in [0.29, 0.717) is 12.5 Å². The standard InChI is InChI=1S/C16H26N2O4/c19-9-14-13(18-16(21)10-4-5-10)7-6-12(22-14)8-15(20)17-11-2-1-3-11/h10-14,19H,1-9H2,(H,17,20)(H,18,21)/t12-,13-,14-/m1/s1. The van der Waals surface area contributed by atoms with Crippen LogP contribution >= 0.6 is 0 Å². The summed E-state index contributed by atoms with van der Waals surface area (Å²) in [6.45, 7) is -0.129. The molecule has 124 valence electrons. The molecule has 2 amide bonds. The van der Waals surface area contributed by atoms with Crippen LogP contribution in [-0.2, 0) is 14.3 Å². The van der Waals surface area contributed by atoms with Gasteiger partial charge in [-0.2, -0.15) is 0 Å². The molecule has 2 saturated carbocycles. The molecule has 3 fully saturated rings. The number of carbonyl (C=O) groups excluding carboxylic acids is 2.